The summed E-state index contributed by atoms with van der Waals surface area (Å²) in [6, 6.07) is 6.16. The summed E-state index contributed by atoms with van der Waals surface area (Å²) in [6.07, 6.45) is 0. The quantitative estimate of drug-likeness (QED) is 0.854. The Morgan fingerprint density at radius 2 is 2.18 bits per heavy atom. The van der Waals surface area contributed by atoms with E-state index < -0.39 is 0 Å². The average molecular weight is 256 g/mol. The second-order valence-corrected chi connectivity index (χ2v) is 4.19. The lowest BCUT2D eigenvalue weighted by atomic mass is 10.1. The first-order valence-corrected chi connectivity index (χ1v) is 5.44. The third kappa shape index (κ3) is 3.11. The van der Waals surface area contributed by atoms with Gasteiger partial charge in [0.1, 0.15) is 0 Å². The van der Waals surface area contributed by atoms with Crippen molar-refractivity contribution in [2.75, 3.05) is 26.0 Å². The van der Waals surface area contributed by atoms with E-state index in [-0.39, 0.29) is 18.3 Å². The Hall–Kier alpha value is -1.26. The maximum atomic E-state index is 11.5. The van der Waals surface area contributed by atoms with E-state index in [1.807, 2.05) is 12.1 Å². The molecule has 0 saturated heterocycles. The van der Waals surface area contributed by atoms with Gasteiger partial charge in [0.05, 0.1) is 6.54 Å². The molecule has 5 heteroatoms. The second-order valence-electron chi connectivity index (χ2n) is 4.19. The molecule has 1 aromatic carbocycles. The van der Waals surface area contributed by atoms with Crippen molar-refractivity contribution < 1.29 is 4.79 Å². The minimum Gasteiger partial charge on any atom is -0.376 e. The third-order valence-corrected chi connectivity index (χ3v) is 2.82. The van der Waals surface area contributed by atoms with Crippen LogP contribution < -0.4 is 10.6 Å². The zero-order chi connectivity index (χ0) is 11.5. The number of likely N-dealkylation sites (N-methyl/N-ethyl adjacent to an activating group) is 1. The lowest BCUT2D eigenvalue weighted by Crippen LogP contribution is -2.28. The van der Waals surface area contributed by atoms with E-state index in [9.17, 15) is 4.79 Å². The Morgan fingerprint density at radius 1 is 1.41 bits per heavy atom. The van der Waals surface area contributed by atoms with Gasteiger partial charge in [-0.3, -0.25) is 4.79 Å². The molecule has 1 aliphatic rings. The number of nitrogens with one attached hydrogen (secondary N) is 2. The molecule has 0 radical (unpaired) electrons. The van der Waals surface area contributed by atoms with E-state index in [2.05, 4.69) is 16.7 Å². The molecule has 0 saturated carbocycles. The number of rotatable bonds is 3. The van der Waals surface area contributed by atoms with Crippen LogP contribution in [-0.4, -0.2) is 31.4 Å². The monoisotopic (exact) mass is 255 g/mol. The van der Waals surface area contributed by atoms with Crippen LogP contribution in [0.2, 0.25) is 0 Å². The molecular weight excluding hydrogens is 238 g/mol. The summed E-state index contributed by atoms with van der Waals surface area (Å²) in [7, 11) is 3.53. The molecule has 2 N–H and O–H groups in total. The van der Waals surface area contributed by atoms with Gasteiger partial charge < -0.3 is 15.5 Å². The fraction of sp³-hybridized carbons (Fsp3) is 0.417. The van der Waals surface area contributed by atoms with E-state index in [4.69, 9.17) is 0 Å². The molecule has 0 fully saturated rings. The Kier molecular flexibility index (Phi) is 4.78. The number of benzene rings is 1. The van der Waals surface area contributed by atoms with Gasteiger partial charge in [0.15, 0.2) is 0 Å². The van der Waals surface area contributed by atoms with Gasteiger partial charge in [-0.15, -0.1) is 12.4 Å². The summed E-state index contributed by atoms with van der Waals surface area (Å²) < 4.78 is 0. The minimum atomic E-state index is 0. The summed E-state index contributed by atoms with van der Waals surface area (Å²) in [4.78, 5) is 13.1. The minimum absolute atomic E-state index is 0. The van der Waals surface area contributed by atoms with Crippen LogP contribution in [0.15, 0.2) is 18.2 Å². The molecule has 1 amide bonds. The molecule has 0 aromatic heterocycles. The van der Waals surface area contributed by atoms with Crippen molar-refractivity contribution in [3.8, 4) is 0 Å². The highest BCUT2D eigenvalue weighted by atomic mass is 35.5. The van der Waals surface area contributed by atoms with Crippen molar-refractivity contribution in [1.29, 1.82) is 0 Å². The molecule has 0 unspecified atom stereocenters. The van der Waals surface area contributed by atoms with Crippen LogP contribution in [0.3, 0.4) is 0 Å². The molecule has 0 aliphatic carbocycles. The van der Waals surface area contributed by atoms with Crippen molar-refractivity contribution in [3.05, 3.63) is 29.3 Å². The SMILES string of the molecule is CN(C)C(=O)CNc1cccc2c1CNC2.Cl. The molecule has 0 bridgehead atoms. The highest BCUT2D eigenvalue weighted by molar-refractivity contribution is 5.85. The summed E-state index contributed by atoms with van der Waals surface area (Å²) in [6.45, 7) is 2.16. The largest absolute Gasteiger partial charge is 0.376 e. The first-order valence-electron chi connectivity index (χ1n) is 5.44. The smallest absolute Gasteiger partial charge is 0.241 e. The number of hydrogen-bond donors (Lipinski definition) is 2. The summed E-state index contributed by atoms with van der Waals surface area (Å²) in [5.74, 6) is 0.0866. The standard InChI is InChI=1S/C12H17N3O.ClH/c1-15(2)12(16)8-14-11-5-3-4-9-6-13-7-10(9)11;/h3-5,13-14H,6-8H2,1-2H3;1H. The Balaban J connectivity index is 0.00000144. The van der Waals surface area contributed by atoms with Crippen molar-refractivity contribution in [2.24, 2.45) is 0 Å². The number of anilines is 1. The van der Waals surface area contributed by atoms with Gasteiger partial charge in [0, 0.05) is 32.9 Å². The van der Waals surface area contributed by atoms with Gasteiger partial charge in [-0.05, 0) is 17.2 Å². The first kappa shape index (κ1) is 13.8. The van der Waals surface area contributed by atoms with Gasteiger partial charge in [0.25, 0.3) is 0 Å². The van der Waals surface area contributed by atoms with E-state index in [0.29, 0.717) is 6.54 Å². The molecule has 4 nitrogen and oxygen atoms in total. The van der Waals surface area contributed by atoms with Crippen LogP contribution in [0.1, 0.15) is 11.1 Å². The number of hydrogen-bond acceptors (Lipinski definition) is 3. The average Bonchev–Trinajstić information content (AvgIpc) is 2.73. The predicted octanol–water partition coefficient (Wildman–Crippen LogP) is 1.21. The molecule has 0 atom stereocenters. The lowest BCUT2D eigenvalue weighted by Gasteiger charge is -2.13. The fourth-order valence-corrected chi connectivity index (χ4v) is 1.83. The molecule has 1 heterocycles. The number of fused-ring (bicyclic) bond motifs is 1. The third-order valence-electron chi connectivity index (χ3n) is 2.82. The van der Waals surface area contributed by atoms with Crippen molar-refractivity contribution in [1.82, 2.24) is 10.2 Å². The van der Waals surface area contributed by atoms with Gasteiger partial charge in [-0.25, -0.2) is 0 Å². The normalized spacial score (nSPS) is 12.6. The summed E-state index contributed by atoms with van der Waals surface area (Å²) in [5.41, 5.74) is 3.68. The van der Waals surface area contributed by atoms with Crippen LogP contribution in [-0.2, 0) is 17.9 Å². The second kappa shape index (κ2) is 5.89. The number of amides is 1. The van der Waals surface area contributed by atoms with Crippen LogP contribution in [0.4, 0.5) is 5.69 Å². The number of carbonyl (C=O) groups excluding carboxylic acids is 1. The fourth-order valence-electron chi connectivity index (χ4n) is 1.83. The maximum Gasteiger partial charge on any atom is 0.241 e. The van der Waals surface area contributed by atoms with E-state index in [1.54, 1.807) is 19.0 Å². The van der Waals surface area contributed by atoms with E-state index in [0.717, 1.165) is 18.8 Å². The summed E-state index contributed by atoms with van der Waals surface area (Å²) in [5, 5.41) is 6.50. The van der Waals surface area contributed by atoms with Crippen LogP contribution in [0.25, 0.3) is 0 Å². The molecule has 94 valence electrons. The van der Waals surface area contributed by atoms with Gasteiger partial charge in [-0.1, -0.05) is 12.1 Å². The lowest BCUT2D eigenvalue weighted by molar-refractivity contribution is -0.126. The maximum absolute atomic E-state index is 11.5. The highest BCUT2D eigenvalue weighted by Gasteiger charge is 2.14. The zero-order valence-electron chi connectivity index (χ0n) is 10.1. The molecule has 1 aromatic rings. The molecule has 0 spiro atoms. The number of nitrogens with zero attached hydrogens (tertiary/aromatic N) is 1. The van der Waals surface area contributed by atoms with E-state index in [1.165, 1.54) is 11.1 Å². The van der Waals surface area contributed by atoms with Crippen molar-refractivity contribution in [2.45, 2.75) is 13.1 Å². The van der Waals surface area contributed by atoms with Gasteiger partial charge in [-0.2, -0.15) is 0 Å². The van der Waals surface area contributed by atoms with Gasteiger partial charge in [0.2, 0.25) is 5.91 Å². The number of halogens is 1. The predicted molar refractivity (Wildman–Crippen MR) is 71.4 cm³/mol. The highest BCUT2D eigenvalue weighted by Crippen LogP contribution is 2.23. The first-order chi connectivity index (χ1) is 7.68. The Labute approximate surface area is 108 Å². The zero-order valence-corrected chi connectivity index (χ0v) is 10.9. The van der Waals surface area contributed by atoms with Gasteiger partial charge >= 0.3 is 0 Å². The number of carbonyl (C=O) groups is 1. The Bertz CT molecular complexity index is 407. The van der Waals surface area contributed by atoms with Crippen molar-refractivity contribution >= 4 is 24.0 Å². The van der Waals surface area contributed by atoms with Crippen molar-refractivity contribution in [3.63, 3.8) is 0 Å². The van der Waals surface area contributed by atoms with Crippen LogP contribution in [0.5, 0.6) is 0 Å². The Morgan fingerprint density at radius 3 is 2.88 bits per heavy atom. The topological polar surface area (TPSA) is 44.4 Å². The molecule has 17 heavy (non-hydrogen) atoms. The van der Waals surface area contributed by atoms with E-state index >= 15 is 0 Å². The molecular formula is C12H18ClN3O. The molecule has 2 rings (SSSR count). The summed E-state index contributed by atoms with van der Waals surface area (Å²) >= 11 is 0. The molecule has 1 aliphatic heterocycles. The van der Waals surface area contributed by atoms with Crippen LogP contribution >= 0.6 is 12.4 Å². The van der Waals surface area contributed by atoms with Crippen LogP contribution in [0, 0.1) is 0 Å².